The van der Waals surface area contributed by atoms with Crippen LogP contribution in [0.4, 0.5) is 24.5 Å². The second-order valence-corrected chi connectivity index (χ2v) is 7.46. The number of carbonyl (C=O) groups excluding carboxylic acids is 3. The van der Waals surface area contributed by atoms with Crippen molar-refractivity contribution in [2.24, 2.45) is 5.10 Å². The third-order valence-corrected chi connectivity index (χ3v) is 4.68. The first kappa shape index (κ1) is 25.9. The van der Waals surface area contributed by atoms with Gasteiger partial charge in [0.2, 0.25) is 0 Å². The number of amides is 3. The zero-order valence-electron chi connectivity index (χ0n) is 18.9. The highest BCUT2D eigenvalue weighted by molar-refractivity contribution is 6.39. The van der Waals surface area contributed by atoms with E-state index in [9.17, 15) is 27.6 Å². The summed E-state index contributed by atoms with van der Waals surface area (Å²) in [4.78, 5) is 36.0. The number of nitrogens with one attached hydrogen (secondary N) is 3. The summed E-state index contributed by atoms with van der Waals surface area (Å²) in [5.74, 6) is -2.22. The van der Waals surface area contributed by atoms with Crippen molar-refractivity contribution in [3.63, 3.8) is 0 Å². The Morgan fingerprint density at radius 3 is 2.42 bits per heavy atom. The number of alkyl halides is 3. The molecule has 8 nitrogen and oxygen atoms in total. The number of hydrazone groups is 1. The molecule has 0 saturated carbocycles. The van der Waals surface area contributed by atoms with Gasteiger partial charge in [-0.05, 0) is 54.4 Å². The fourth-order valence-electron chi connectivity index (χ4n) is 2.91. The number of rotatable bonds is 7. The zero-order chi connectivity index (χ0) is 26.1. The second kappa shape index (κ2) is 11.6. The van der Waals surface area contributed by atoms with Crippen LogP contribution in [0.25, 0.3) is 0 Å². The zero-order valence-corrected chi connectivity index (χ0v) is 18.9. The van der Waals surface area contributed by atoms with Crippen molar-refractivity contribution in [1.82, 2.24) is 5.43 Å². The van der Waals surface area contributed by atoms with E-state index in [0.29, 0.717) is 11.3 Å². The van der Waals surface area contributed by atoms with Gasteiger partial charge in [0.05, 0.1) is 11.8 Å². The van der Waals surface area contributed by atoms with E-state index >= 15 is 0 Å². The van der Waals surface area contributed by atoms with Crippen molar-refractivity contribution in [3.05, 3.63) is 89.5 Å². The number of anilines is 2. The van der Waals surface area contributed by atoms with Gasteiger partial charge in [-0.15, -0.1) is 0 Å². The molecule has 3 rings (SSSR count). The maximum atomic E-state index is 12.8. The standard InChI is InChI=1S/C25H21F3N4O4/c1-16-6-2-3-11-21(16)31-23(34)24(35)32-29-14-17-7-4-10-20(12-17)36-15-22(33)30-19-9-5-8-18(13-19)25(26,27)28/h2-14H,15H2,1H3,(H,30,33)(H,31,34)(H,32,35)/b29-14-. The van der Waals surface area contributed by atoms with Crippen molar-refractivity contribution in [2.45, 2.75) is 13.1 Å². The number of hydrogen-bond donors (Lipinski definition) is 3. The van der Waals surface area contributed by atoms with Crippen LogP contribution < -0.4 is 20.8 Å². The highest BCUT2D eigenvalue weighted by Crippen LogP contribution is 2.30. The Kier molecular flexibility index (Phi) is 8.39. The van der Waals surface area contributed by atoms with Crippen LogP contribution in [0.3, 0.4) is 0 Å². The number of ether oxygens (including phenoxy) is 1. The molecule has 186 valence electrons. The lowest BCUT2D eigenvalue weighted by atomic mass is 10.2. The SMILES string of the molecule is Cc1ccccc1NC(=O)C(=O)N/N=C\c1cccc(OCC(=O)Nc2cccc(C(F)(F)F)c2)c1. The molecule has 0 atom stereocenters. The first-order valence-corrected chi connectivity index (χ1v) is 10.5. The maximum Gasteiger partial charge on any atom is 0.416 e. The molecule has 0 unspecified atom stereocenters. The van der Waals surface area contributed by atoms with Gasteiger partial charge in [0.15, 0.2) is 6.61 Å². The van der Waals surface area contributed by atoms with E-state index in [2.05, 4.69) is 21.2 Å². The lowest BCUT2D eigenvalue weighted by Gasteiger charge is -2.10. The quantitative estimate of drug-likeness (QED) is 0.259. The summed E-state index contributed by atoms with van der Waals surface area (Å²) < 4.78 is 43.8. The van der Waals surface area contributed by atoms with Crippen LogP contribution in [0.2, 0.25) is 0 Å². The van der Waals surface area contributed by atoms with Gasteiger partial charge < -0.3 is 15.4 Å². The first-order chi connectivity index (χ1) is 17.1. The van der Waals surface area contributed by atoms with Crippen LogP contribution in [0.1, 0.15) is 16.7 Å². The number of aryl methyl sites for hydroxylation is 1. The smallest absolute Gasteiger partial charge is 0.416 e. The largest absolute Gasteiger partial charge is 0.484 e. The van der Waals surface area contributed by atoms with E-state index in [4.69, 9.17) is 4.74 Å². The van der Waals surface area contributed by atoms with Crippen LogP contribution in [0.5, 0.6) is 5.75 Å². The van der Waals surface area contributed by atoms with Crippen molar-refractivity contribution in [1.29, 1.82) is 0 Å². The Hall–Kier alpha value is -4.67. The van der Waals surface area contributed by atoms with Crippen molar-refractivity contribution in [2.75, 3.05) is 17.2 Å². The molecule has 0 heterocycles. The molecular weight excluding hydrogens is 477 g/mol. The Morgan fingerprint density at radius 2 is 1.67 bits per heavy atom. The van der Waals surface area contributed by atoms with Gasteiger partial charge in [-0.2, -0.15) is 18.3 Å². The molecule has 0 fully saturated rings. The summed E-state index contributed by atoms with van der Waals surface area (Å²) in [5.41, 5.74) is 3.01. The summed E-state index contributed by atoms with van der Waals surface area (Å²) in [7, 11) is 0. The van der Waals surface area contributed by atoms with Crippen LogP contribution in [-0.2, 0) is 20.6 Å². The molecular formula is C25H21F3N4O4. The number of carbonyl (C=O) groups is 3. The summed E-state index contributed by atoms with van der Waals surface area (Å²) in [5, 5.41) is 8.56. The molecule has 0 aliphatic heterocycles. The van der Waals surface area contributed by atoms with E-state index < -0.39 is 36.1 Å². The molecule has 0 saturated heterocycles. The lowest BCUT2D eigenvalue weighted by Crippen LogP contribution is -2.32. The van der Waals surface area contributed by atoms with Crippen molar-refractivity contribution >= 4 is 35.3 Å². The third-order valence-electron chi connectivity index (χ3n) is 4.68. The molecule has 11 heteroatoms. The monoisotopic (exact) mass is 498 g/mol. The predicted octanol–water partition coefficient (Wildman–Crippen LogP) is 4.12. The van der Waals surface area contributed by atoms with E-state index in [-0.39, 0.29) is 11.4 Å². The van der Waals surface area contributed by atoms with E-state index in [1.807, 2.05) is 0 Å². The number of halogens is 3. The van der Waals surface area contributed by atoms with E-state index in [1.165, 1.54) is 24.4 Å². The molecule has 36 heavy (non-hydrogen) atoms. The third kappa shape index (κ3) is 7.69. The average molecular weight is 498 g/mol. The molecule has 3 aromatic rings. The van der Waals surface area contributed by atoms with Crippen LogP contribution in [0, 0.1) is 6.92 Å². The van der Waals surface area contributed by atoms with Crippen LogP contribution in [-0.4, -0.2) is 30.5 Å². The molecule has 3 aromatic carbocycles. The number of hydrogen-bond acceptors (Lipinski definition) is 5. The normalized spacial score (nSPS) is 11.1. The Labute approximate surface area is 204 Å². The van der Waals surface area contributed by atoms with Crippen molar-refractivity contribution in [3.8, 4) is 5.75 Å². The number of para-hydroxylation sites is 1. The van der Waals surface area contributed by atoms with Gasteiger partial charge in [0.25, 0.3) is 5.91 Å². The molecule has 0 spiro atoms. The van der Waals surface area contributed by atoms with Gasteiger partial charge in [-0.25, -0.2) is 5.43 Å². The fraction of sp³-hybridized carbons (Fsp3) is 0.120. The van der Waals surface area contributed by atoms with Gasteiger partial charge in [-0.3, -0.25) is 14.4 Å². The van der Waals surface area contributed by atoms with Crippen LogP contribution in [0.15, 0.2) is 77.9 Å². The number of nitrogens with zero attached hydrogens (tertiary/aromatic N) is 1. The highest BCUT2D eigenvalue weighted by Gasteiger charge is 2.30. The fourth-order valence-corrected chi connectivity index (χ4v) is 2.91. The summed E-state index contributed by atoms with van der Waals surface area (Å²) in [6.45, 7) is 1.34. The topological polar surface area (TPSA) is 109 Å². The van der Waals surface area contributed by atoms with Gasteiger partial charge in [0.1, 0.15) is 5.75 Å². The molecule has 0 aliphatic rings. The molecule has 3 amide bonds. The molecule has 0 radical (unpaired) electrons. The summed E-state index contributed by atoms with van der Waals surface area (Å²) in [6, 6.07) is 17.5. The van der Waals surface area contributed by atoms with Gasteiger partial charge in [-0.1, -0.05) is 36.4 Å². The Balaban J connectivity index is 1.50. The maximum absolute atomic E-state index is 12.8. The first-order valence-electron chi connectivity index (χ1n) is 10.5. The Morgan fingerprint density at radius 1 is 0.917 bits per heavy atom. The minimum absolute atomic E-state index is 0.0125. The molecule has 0 bridgehead atoms. The van der Waals surface area contributed by atoms with E-state index in [1.54, 1.807) is 49.4 Å². The lowest BCUT2D eigenvalue weighted by molar-refractivity contribution is -0.137. The predicted molar refractivity (Wildman–Crippen MR) is 128 cm³/mol. The summed E-state index contributed by atoms with van der Waals surface area (Å²) in [6.07, 6.45) is -3.25. The molecule has 3 N–H and O–H groups in total. The Bertz CT molecular complexity index is 1290. The number of benzene rings is 3. The second-order valence-electron chi connectivity index (χ2n) is 7.46. The minimum Gasteiger partial charge on any atom is -0.484 e. The van der Waals surface area contributed by atoms with Crippen molar-refractivity contribution < 1.29 is 32.3 Å². The molecule has 0 aromatic heterocycles. The average Bonchev–Trinajstić information content (AvgIpc) is 2.84. The van der Waals surface area contributed by atoms with Gasteiger partial charge in [0, 0.05) is 11.4 Å². The van der Waals surface area contributed by atoms with Gasteiger partial charge >= 0.3 is 18.0 Å². The minimum atomic E-state index is -4.52. The summed E-state index contributed by atoms with van der Waals surface area (Å²) >= 11 is 0. The van der Waals surface area contributed by atoms with Crippen LogP contribution >= 0.6 is 0 Å². The highest BCUT2D eigenvalue weighted by atomic mass is 19.4. The molecule has 0 aliphatic carbocycles. The van der Waals surface area contributed by atoms with E-state index in [0.717, 1.165) is 17.7 Å².